The molecule has 2 rings (SSSR count). The Morgan fingerprint density at radius 3 is 2.68 bits per heavy atom. The number of esters is 1. The van der Waals surface area contributed by atoms with Crippen molar-refractivity contribution in [2.24, 2.45) is 0 Å². The lowest BCUT2D eigenvalue weighted by Crippen LogP contribution is -2.40. The van der Waals surface area contributed by atoms with Gasteiger partial charge in [0.25, 0.3) is 5.91 Å². The largest absolute Gasteiger partial charge is 0.480 e. The van der Waals surface area contributed by atoms with E-state index in [0.717, 1.165) is 18.4 Å². The van der Waals surface area contributed by atoms with Crippen molar-refractivity contribution >= 4 is 29.4 Å². The van der Waals surface area contributed by atoms with Gasteiger partial charge in [-0.1, -0.05) is 17.7 Å². The molecule has 7 nitrogen and oxygen atoms in total. The number of aryl methyl sites for hydroxylation is 1. The minimum Gasteiger partial charge on any atom is -0.480 e. The number of hydrogen-bond donors (Lipinski definition) is 1. The van der Waals surface area contributed by atoms with Crippen LogP contribution in [0.15, 0.2) is 18.2 Å². The van der Waals surface area contributed by atoms with Crippen molar-refractivity contribution in [1.82, 2.24) is 10.2 Å². The van der Waals surface area contributed by atoms with Crippen molar-refractivity contribution in [2.75, 3.05) is 26.8 Å². The number of nitrogens with one attached hydrogen (secondary N) is 1. The first-order valence-electron chi connectivity index (χ1n) is 7.93. The van der Waals surface area contributed by atoms with Crippen LogP contribution in [0.4, 0.5) is 0 Å². The molecule has 0 atom stereocenters. The molecule has 0 bridgehead atoms. The molecule has 25 heavy (non-hydrogen) atoms. The first-order chi connectivity index (χ1) is 11.8. The van der Waals surface area contributed by atoms with Crippen LogP contribution in [-0.2, 0) is 19.1 Å². The molecular formula is C17H21ClN2O5. The van der Waals surface area contributed by atoms with Crippen LogP contribution in [-0.4, -0.2) is 55.5 Å². The summed E-state index contributed by atoms with van der Waals surface area (Å²) in [5, 5.41) is 3.16. The fourth-order valence-corrected chi connectivity index (χ4v) is 2.13. The monoisotopic (exact) mass is 368 g/mol. The lowest BCUT2D eigenvalue weighted by molar-refractivity contribution is -0.153. The third-order valence-electron chi connectivity index (χ3n) is 3.54. The van der Waals surface area contributed by atoms with Gasteiger partial charge >= 0.3 is 5.97 Å². The van der Waals surface area contributed by atoms with E-state index < -0.39 is 18.5 Å². The molecule has 0 aromatic heterocycles. The van der Waals surface area contributed by atoms with Gasteiger partial charge in [-0.05, 0) is 37.5 Å². The zero-order valence-corrected chi connectivity index (χ0v) is 15.0. The molecule has 0 unspecified atom stereocenters. The highest BCUT2D eigenvalue weighted by molar-refractivity contribution is 6.32. The van der Waals surface area contributed by atoms with E-state index in [4.69, 9.17) is 21.1 Å². The van der Waals surface area contributed by atoms with E-state index in [1.165, 1.54) is 11.9 Å². The van der Waals surface area contributed by atoms with Crippen molar-refractivity contribution in [3.05, 3.63) is 28.8 Å². The number of carbonyl (C=O) groups is 3. The molecule has 1 N–H and O–H groups in total. The summed E-state index contributed by atoms with van der Waals surface area (Å²) in [7, 11) is 1.48. The maximum atomic E-state index is 11.9. The minimum absolute atomic E-state index is 0.0672. The Morgan fingerprint density at radius 2 is 2.00 bits per heavy atom. The van der Waals surface area contributed by atoms with E-state index in [9.17, 15) is 14.4 Å². The van der Waals surface area contributed by atoms with Crippen molar-refractivity contribution < 1.29 is 23.9 Å². The molecule has 1 aliphatic rings. The second-order valence-corrected chi connectivity index (χ2v) is 6.38. The Hall–Kier alpha value is -2.28. The molecule has 0 aliphatic heterocycles. The Bertz CT molecular complexity index is 660. The Morgan fingerprint density at radius 1 is 1.28 bits per heavy atom. The molecule has 1 aromatic carbocycles. The molecule has 0 radical (unpaired) electrons. The van der Waals surface area contributed by atoms with Crippen LogP contribution in [0.3, 0.4) is 0 Å². The van der Waals surface area contributed by atoms with Crippen LogP contribution in [0.25, 0.3) is 0 Å². The van der Waals surface area contributed by atoms with E-state index >= 15 is 0 Å². The van der Waals surface area contributed by atoms with Gasteiger partial charge in [-0.15, -0.1) is 0 Å². The van der Waals surface area contributed by atoms with Gasteiger partial charge in [-0.25, -0.2) is 4.79 Å². The van der Waals surface area contributed by atoms with Crippen LogP contribution in [0, 0.1) is 6.92 Å². The average molecular weight is 369 g/mol. The summed E-state index contributed by atoms with van der Waals surface area (Å²) < 4.78 is 10.2. The number of amides is 2. The van der Waals surface area contributed by atoms with Gasteiger partial charge in [0.1, 0.15) is 5.75 Å². The zero-order valence-electron chi connectivity index (χ0n) is 14.2. The fourth-order valence-electron chi connectivity index (χ4n) is 1.96. The molecule has 1 aromatic rings. The standard InChI is InChI=1S/C17H21ClN2O5/c1-11-3-6-13(18)14(7-11)24-10-17(23)25-9-16(22)20(2)8-15(21)19-12-4-5-12/h3,6-7,12H,4-5,8-10H2,1-2H3,(H,19,21). The van der Waals surface area contributed by atoms with Gasteiger partial charge < -0.3 is 19.7 Å². The summed E-state index contributed by atoms with van der Waals surface area (Å²) in [5.74, 6) is -1.00. The SMILES string of the molecule is Cc1ccc(Cl)c(OCC(=O)OCC(=O)N(C)CC(=O)NC2CC2)c1. The molecular weight excluding hydrogens is 348 g/mol. The number of ether oxygens (including phenoxy) is 2. The molecule has 1 fully saturated rings. The highest BCUT2D eigenvalue weighted by Crippen LogP contribution is 2.25. The highest BCUT2D eigenvalue weighted by atomic mass is 35.5. The predicted octanol–water partition coefficient (Wildman–Crippen LogP) is 1.31. The Balaban J connectivity index is 1.68. The third kappa shape index (κ3) is 6.62. The normalized spacial score (nSPS) is 13.1. The van der Waals surface area contributed by atoms with Crippen molar-refractivity contribution in [1.29, 1.82) is 0 Å². The second-order valence-electron chi connectivity index (χ2n) is 5.97. The first kappa shape index (κ1) is 19.1. The average Bonchev–Trinajstić information content (AvgIpc) is 3.37. The number of benzene rings is 1. The Kier molecular flexibility index (Phi) is 6.64. The summed E-state index contributed by atoms with van der Waals surface area (Å²) in [6, 6.07) is 5.43. The second kappa shape index (κ2) is 8.71. The van der Waals surface area contributed by atoms with Crippen LogP contribution >= 0.6 is 11.6 Å². The quantitative estimate of drug-likeness (QED) is 0.699. The van der Waals surface area contributed by atoms with Crippen LogP contribution in [0.1, 0.15) is 18.4 Å². The van der Waals surface area contributed by atoms with Crippen LogP contribution in [0.2, 0.25) is 5.02 Å². The van der Waals surface area contributed by atoms with Crippen molar-refractivity contribution in [3.8, 4) is 5.75 Å². The smallest absolute Gasteiger partial charge is 0.344 e. The van der Waals surface area contributed by atoms with Gasteiger partial charge in [0.05, 0.1) is 11.6 Å². The zero-order chi connectivity index (χ0) is 18.4. The molecule has 0 heterocycles. The Labute approximate surface area is 151 Å². The lowest BCUT2D eigenvalue weighted by atomic mass is 10.2. The number of nitrogens with zero attached hydrogens (tertiary/aromatic N) is 1. The molecule has 0 saturated heterocycles. The minimum atomic E-state index is -0.693. The molecule has 2 amide bonds. The molecule has 1 aliphatic carbocycles. The van der Waals surface area contributed by atoms with Gasteiger partial charge in [-0.3, -0.25) is 9.59 Å². The maximum Gasteiger partial charge on any atom is 0.344 e. The third-order valence-corrected chi connectivity index (χ3v) is 3.85. The number of rotatable bonds is 8. The lowest BCUT2D eigenvalue weighted by Gasteiger charge is -2.16. The van der Waals surface area contributed by atoms with Gasteiger partial charge in [0.15, 0.2) is 13.2 Å². The number of halogens is 1. The highest BCUT2D eigenvalue weighted by Gasteiger charge is 2.24. The summed E-state index contributed by atoms with van der Waals surface area (Å²) in [4.78, 5) is 36.4. The van der Waals surface area contributed by atoms with Crippen LogP contribution < -0.4 is 10.1 Å². The number of carbonyl (C=O) groups excluding carboxylic acids is 3. The molecule has 1 saturated carbocycles. The van der Waals surface area contributed by atoms with E-state index in [1.807, 2.05) is 13.0 Å². The topological polar surface area (TPSA) is 84.9 Å². The van der Waals surface area contributed by atoms with Crippen molar-refractivity contribution in [3.63, 3.8) is 0 Å². The maximum absolute atomic E-state index is 11.9. The number of likely N-dealkylation sites (N-methyl/N-ethyl adjacent to an activating group) is 1. The van der Waals surface area contributed by atoms with E-state index in [-0.39, 0.29) is 25.1 Å². The molecule has 0 spiro atoms. The van der Waals surface area contributed by atoms with E-state index in [2.05, 4.69) is 5.32 Å². The van der Waals surface area contributed by atoms with Crippen LogP contribution in [0.5, 0.6) is 5.75 Å². The summed E-state index contributed by atoms with van der Waals surface area (Å²) in [5.41, 5.74) is 0.939. The fraction of sp³-hybridized carbons (Fsp3) is 0.471. The summed E-state index contributed by atoms with van der Waals surface area (Å²) in [6.07, 6.45) is 1.96. The van der Waals surface area contributed by atoms with Crippen molar-refractivity contribution in [2.45, 2.75) is 25.8 Å². The first-order valence-corrected chi connectivity index (χ1v) is 8.31. The van der Waals surface area contributed by atoms with E-state index in [0.29, 0.717) is 10.8 Å². The van der Waals surface area contributed by atoms with E-state index in [1.54, 1.807) is 12.1 Å². The number of hydrogen-bond acceptors (Lipinski definition) is 5. The molecule has 8 heteroatoms. The summed E-state index contributed by atoms with van der Waals surface area (Å²) >= 11 is 5.96. The molecule has 136 valence electrons. The predicted molar refractivity (Wildman–Crippen MR) is 91.4 cm³/mol. The van der Waals surface area contributed by atoms with Gasteiger partial charge in [-0.2, -0.15) is 0 Å². The summed E-state index contributed by atoms with van der Waals surface area (Å²) in [6.45, 7) is 0.997. The van der Waals surface area contributed by atoms with Gasteiger partial charge in [0, 0.05) is 13.1 Å². The van der Waals surface area contributed by atoms with Gasteiger partial charge in [0.2, 0.25) is 5.91 Å².